The minimum atomic E-state index is 0.303. The van der Waals surface area contributed by atoms with Gasteiger partial charge >= 0.3 is 0 Å². The van der Waals surface area contributed by atoms with E-state index in [2.05, 4.69) is 6.92 Å². The molecule has 0 aromatic carbocycles. The van der Waals surface area contributed by atoms with Gasteiger partial charge in [0.05, 0.1) is 0 Å². The molecule has 1 aliphatic heterocycles. The molecule has 0 radical (unpaired) electrons. The number of amides is 1. The van der Waals surface area contributed by atoms with Gasteiger partial charge in [-0.2, -0.15) is 0 Å². The normalized spacial score (nSPS) is 31.7. The van der Waals surface area contributed by atoms with Crippen LogP contribution >= 0.6 is 0 Å². The molecule has 1 saturated heterocycles. The maximum Gasteiger partial charge on any atom is 0.223 e. The smallest absolute Gasteiger partial charge is 0.223 e. The van der Waals surface area contributed by atoms with Crippen LogP contribution in [-0.4, -0.2) is 29.9 Å². The average molecular weight is 210 g/mol. The van der Waals surface area contributed by atoms with Crippen LogP contribution in [0.15, 0.2) is 0 Å². The second-order valence-corrected chi connectivity index (χ2v) is 5.16. The van der Waals surface area contributed by atoms with Gasteiger partial charge in [0.2, 0.25) is 5.91 Å². The summed E-state index contributed by atoms with van der Waals surface area (Å²) in [5.41, 5.74) is 5.74. The third-order valence-corrected chi connectivity index (χ3v) is 4.13. The van der Waals surface area contributed by atoms with E-state index in [1.165, 1.54) is 19.3 Å². The Kier molecular flexibility index (Phi) is 3.29. The van der Waals surface area contributed by atoms with Gasteiger partial charge in [-0.05, 0) is 31.1 Å². The molecule has 2 unspecified atom stereocenters. The van der Waals surface area contributed by atoms with Crippen LogP contribution in [0.25, 0.3) is 0 Å². The molecule has 15 heavy (non-hydrogen) atoms. The lowest BCUT2D eigenvalue weighted by Gasteiger charge is -2.30. The van der Waals surface area contributed by atoms with Crippen LogP contribution in [0.5, 0.6) is 0 Å². The minimum Gasteiger partial charge on any atom is -0.338 e. The number of likely N-dealkylation sites (tertiary alicyclic amines) is 1. The lowest BCUT2D eigenvalue weighted by molar-refractivity contribution is -0.133. The third-order valence-electron chi connectivity index (χ3n) is 4.13. The van der Waals surface area contributed by atoms with Gasteiger partial charge in [0.15, 0.2) is 0 Å². The van der Waals surface area contributed by atoms with E-state index in [0.717, 1.165) is 19.4 Å². The highest BCUT2D eigenvalue weighted by atomic mass is 16.2. The molecular weight excluding hydrogens is 188 g/mol. The zero-order chi connectivity index (χ0) is 10.8. The SMILES string of the molecule is CC1CCN(C(=O)CC2CCC2)C1CN. The van der Waals surface area contributed by atoms with Crippen LogP contribution in [0.2, 0.25) is 0 Å². The zero-order valence-electron chi connectivity index (χ0n) is 9.61. The molecule has 2 rings (SSSR count). The Labute approximate surface area is 92.0 Å². The zero-order valence-corrected chi connectivity index (χ0v) is 9.61. The van der Waals surface area contributed by atoms with Crippen molar-refractivity contribution in [2.24, 2.45) is 17.6 Å². The summed E-state index contributed by atoms with van der Waals surface area (Å²) in [5, 5.41) is 0. The van der Waals surface area contributed by atoms with Crippen molar-refractivity contribution in [1.29, 1.82) is 0 Å². The highest BCUT2D eigenvalue weighted by Gasteiger charge is 2.34. The van der Waals surface area contributed by atoms with Gasteiger partial charge in [0.1, 0.15) is 0 Å². The highest BCUT2D eigenvalue weighted by molar-refractivity contribution is 5.77. The maximum absolute atomic E-state index is 12.0. The summed E-state index contributed by atoms with van der Waals surface area (Å²) in [6, 6.07) is 0.303. The second kappa shape index (κ2) is 4.52. The van der Waals surface area contributed by atoms with E-state index in [-0.39, 0.29) is 0 Å². The molecule has 3 heteroatoms. The first-order valence-electron chi connectivity index (χ1n) is 6.22. The van der Waals surface area contributed by atoms with Crippen LogP contribution < -0.4 is 5.73 Å². The Bertz CT molecular complexity index is 238. The van der Waals surface area contributed by atoms with Crippen LogP contribution in [0.4, 0.5) is 0 Å². The Hall–Kier alpha value is -0.570. The monoisotopic (exact) mass is 210 g/mol. The summed E-state index contributed by atoms with van der Waals surface area (Å²) in [6.45, 7) is 3.75. The van der Waals surface area contributed by atoms with Gasteiger partial charge in [-0.25, -0.2) is 0 Å². The molecule has 1 heterocycles. The van der Waals surface area contributed by atoms with E-state index in [1.807, 2.05) is 4.90 Å². The van der Waals surface area contributed by atoms with Gasteiger partial charge in [0, 0.05) is 25.6 Å². The fourth-order valence-corrected chi connectivity index (χ4v) is 2.74. The Morgan fingerprint density at radius 2 is 2.13 bits per heavy atom. The summed E-state index contributed by atoms with van der Waals surface area (Å²) in [5.74, 6) is 1.60. The first-order chi connectivity index (χ1) is 7.22. The van der Waals surface area contributed by atoms with E-state index in [0.29, 0.717) is 30.3 Å². The van der Waals surface area contributed by atoms with Crippen LogP contribution in [0.3, 0.4) is 0 Å². The number of carbonyl (C=O) groups is 1. The largest absolute Gasteiger partial charge is 0.338 e. The number of hydrogen-bond acceptors (Lipinski definition) is 2. The highest BCUT2D eigenvalue weighted by Crippen LogP contribution is 2.32. The quantitative estimate of drug-likeness (QED) is 0.764. The summed E-state index contributed by atoms with van der Waals surface area (Å²) in [6.07, 6.45) is 5.71. The third kappa shape index (κ3) is 2.17. The van der Waals surface area contributed by atoms with Gasteiger partial charge in [0.25, 0.3) is 0 Å². The Morgan fingerprint density at radius 1 is 1.40 bits per heavy atom. The topological polar surface area (TPSA) is 46.3 Å². The summed E-state index contributed by atoms with van der Waals surface area (Å²) < 4.78 is 0. The van der Waals surface area contributed by atoms with E-state index >= 15 is 0 Å². The molecule has 0 aromatic rings. The van der Waals surface area contributed by atoms with E-state index in [1.54, 1.807) is 0 Å². The van der Waals surface area contributed by atoms with Crippen molar-refractivity contribution in [3.05, 3.63) is 0 Å². The molecule has 2 fully saturated rings. The van der Waals surface area contributed by atoms with Gasteiger partial charge in [-0.3, -0.25) is 4.79 Å². The molecule has 3 nitrogen and oxygen atoms in total. The number of nitrogens with two attached hydrogens (primary N) is 1. The summed E-state index contributed by atoms with van der Waals surface area (Å²) >= 11 is 0. The van der Waals surface area contributed by atoms with Crippen molar-refractivity contribution >= 4 is 5.91 Å². The standard InChI is InChI=1S/C12H22N2O/c1-9-5-6-14(11(9)8-13)12(15)7-10-3-2-4-10/h9-11H,2-8,13H2,1H3. The van der Waals surface area contributed by atoms with Crippen molar-refractivity contribution in [3.63, 3.8) is 0 Å². The predicted octanol–water partition coefficient (Wildman–Crippen LogP) is 1.37. The minimum absolute atomic E-state index is 0.303. The number of hydrogen-bond donors (Lipinski definition) is 1. The van der Waals surface area contributed by atoms with Crippen LogP contribution in [0, 0.1) is 11.8 Å². The van der Waals surface area contributed by atoms with Crippen molar-refractivity contribution in [2.75, 3.05) is 13.1 Å². The molecule has 2 atom stereocenters. The van der Waals surface area contributed by atoms with Crippen molar-refractivity contribution in [1.82, 2.24) is 4.90 Å². The predicted molar refractivity (Wildman–Crippen MR) is 60.3 cm³/mol. The van der Waals surface area contributed by atoms with Crippen molar-refractivity contribution in [3.8, 4) is 0 Å². The van der Waals surface area contributed by atoms with Crippen LogP contribution in [0.1, 0.15) is 39.0 Å². The molecule has 86 valence electrons. The molecular formula is C12H22N2O. The lowest BCUT2D eigenvalue weighted by atomic mass is 9.82. The van der Waals surface area contributed by atoms with Crippen LogP contribution in [-0.2, 0) is 4.79 Å². The molecule has 1 amide bonds. The molecule has 2 N–H and O–H groups in total. The molecule has 0 spiro atoms. The first kappa shape index (κ1) is 10.9. The fourth-order valence-electron chi connectivity index (χ4n) is 2.74. The fraction of sp³-hybridized carbons (Fsp3) is 0.917. The molecule has 2 aliphatic rings. The first-order valence-corrected chi connectivity index (χ1v) is 6.22. The molecule has 1 saturated carbocycles. The van der Waals surface area contributed by atoms with Crippen molar-refractivity contribution in [2.45, 2.75) is 45.1 Å². The van der Waals surface area contributed by atoms with Crippen molar-refractivity contribution < 1.29 is 4.79 Å². The van der Waals surface area contributed by atoms with E-state index < -0.39 is 0 Å². The molecule has 0 bridgehead atoms. The van der Waals surface area contributed by atoms with E-state index in [9.17, 15) is 4.79 Å². The van der Waals surface area contributed by atoms with Gasteiger partial charge in [-0.15, -0.1) is 0 Å². The van der Waals surface area contributed by atoms with Gasteiger partial charge < -0.3 is 10.6 Å². The van der Waals surface area contributed by atoms with E-state index in [4.69, 9.17) is 5.73 Å². The van der Waals surface area contributed by atoms with Gasteiger partial charge in [-0.1, -0.05) is 13.3 Å². The Morgan fingerprint density at radius 3 is 2.67 bits per heavy atom. The Balaban J connectivity index is 1.88. The maximum atomic E-state index is 12.0. The molecule has 1 aliphatic carbocycles. The average Bonchev–Trinajstić information content (AvgIpc) is 2.52. The summed E-state index contributed by atoms with van der Waals surface area (Å²) in [7, 11) is 0. The number of nitrogens with zero attached hydrogens (tertiary/aromatic N) is 1. The number of rotatable bonds is 3. The lowest BCUT2D eigenvalue weighted by Crippen LogP contribution is -2.43. The molecule has 0 aromatic heterocycles. The second-order valence-electron chi connectivity index (χ2n) is 5.16. The summed E-state index contributed by atoms with van der Waals surface area (Å²) in [4.78, 5) is 14.1. The number of carbonyl (C=O) groups excluding carboxylic acids is 1.